The molecule has 7 heteroatoms. The number of nitrogens with one attached hydrogen (secondary N) is 1. The highest BCUT2D eigenvalue weighted by atomic mass is 16.2. The fourth-order valence-corrected chi connectivity index (χ4v) is 3.27. The standard InChI is InChI=1S/C19H26N2O5/c22-15(14-13-16(23)20-19(14)26)9-7-5-3-1-2-4-6-8-12-21-17(24)10-11-18(21)25/h10-11,14H,1-9,12-13H2,(H,20,23,26). The fourth-order valence-electron chi connectivity index (χ4n) is 3.27. The van der Waals surface area contributed by atoms with E-state index >= 15 is 0 Å². The van der Waals surface area contributed by atoms with Crippen molar-refractivity contribution in [3.05, 3.63) is 12.2 Å². The van der Waals surface area contributed by atoms with Crippen LogP contribution < -0.4 is 5.32 Å². The van der Waals surface area contributed by atoms with Crippen molar-refractivity contribution in [3.8, 4) is 0 Å². The Bertz CT molecular complexity index is 593. The Labute approximate surface area is 153 Å². The Balaban J connectivity index is 1.41. The van der Waals surface area contributed by atoms with Crippen LogP contribution in [0.25, 0.3) is 0 Å². The summed E-state index contributed by atoms with van der Waals surface area (Å²) in [6.45, 7) is 0.490. The maximum atomic E-state index is 11.9. The van der Waals surface area contributed by atoms with Gasteiger partial charge in [-0.1, -0.05) is 38.5 Å². The molecule has 0 aromatic heterocycles. The van der Waals surface area contributed by atoms with Crippen LogP contribution in [0.5, 0.6) is 0 Å². The lowest BCUT2D eigenvalue weighted by molar-refractivity contribution is -0.137. The zero-order chi connectivity index (χ0) is 18.9. The highest BCUT2D eigenvalue weighted by molar-refractivity contribution is 6.14. The monoisotopic (exact) mass is 362 g/mol. The number of ketones is 1. The van der Waals surface area contributed by atoms with Crippen molar-refractivity contribution in [1.82, 2.24) is 10.2 Å². The van der Waals surface area contributed by atoms with Gasteiger partial charge in [0.05, 0.1) is 0 Å². The Kier molecular flexibility index (Phi) is 7.69. The number of rotatable bonds is 12. The van der Waals surface area contributed by atoms with Crippen LogP contribution in [0.15, 0.2) is 12.2 Å². The van der Waals surface area contributed by atoms with Crippen LogP contribution >= 0.6 is 0 Å². The van der Waals surface area contributed by atoms with Gasteiger partial charge >= 0.3 is 0 Å². The third kappa shape index (κ3) is 5.89. The van der Waals surface area contributed by atoms with E-state index in [2.05, 4.69) is 5.32 Å². The van der Waals surface area contributed by atoms with Gasteiger partial charge < -0.3 is 0 Å². The first-order valence-corrected chi connectivity index (χ1v) is 9.39. The predicted molar refractivity (Wildman–Crippen MR) is 93.7 cm³/mol. The molecule has 1 fully saturated rings. The van der Waals surface area contributed by atoms with Crippen molar-refractivity contribution in [1.29, 1.82) is 0 Å². The average Bonchev–Trinajstić information content (AvgIpc) is 3.11. The first kappa shape index (κ1) is 20.0. The lowest BCUT2D eigenvalue weighted by Crippen LogP contribution is -2.30. The molecule has 1 N–H and O–H groups in total. The van der Waals surface area contributed by atoms with E-state index in [0.717, 1.165) is 51.4 Å². The molecular formula is C19H26N2O5. The number of hydrogen-bond acceptors (Lipinski definition) is 5. The lowest BCUT2D eigenvalue weighted by atomic mass is 9.97. The minimum Gasteiger partial charge on any atom is -0.299 e. The van der Waals surface area contributed by atoms with Crippen LogP contribution in [-0.2, 0) is 24.0 Å². The molecule has 4 amide bonds. The van der Waals surface area contributed by atoms with E-state index in [1.165, 1.54) is 17.1 Å². The first-order valence-electron chi connectivity index (χ1n) is 9.39. The van der Waals surface area contributed by atoms with E-state index in [4.69, 9.17) is 0 Å². The molecule has 0 aromatic rings. The van der Waals surface area contributed by atoms with E-state index in [1.54, 1.807) is 0 Å². The molecule has 0 spiro atoms. The van der Waals surface area contributed by atoms with E-state index in [0.29, 0.717) is 13.0 Å². The van der Waals surface area contributed by atoms with E-state index in [-0.39, 0.29) is 29.9 Å². The number of imide groups is 2. The second-order valence-electron chi connectivity index (χ2n) is 6.88. The molecule has 1 saturated heterocycles. The average molecular weight is 362 g/mol. The summed E-state index contributed by atoms with van der Waals surface area (Å²) in [6, 6.07) is 0. The minimum absolute atomic E-state index is 0.00233. The van der Waals surface area contributed by atoms with Crippen LogP contribution in [0.3, 0.4) is 0 Å². The largest absolute Gasteiger partial charge is 0.299 e. The molecule has 2 aliphatic heterocycles. The van der Waals surface area contributed by atoms with Crippen molar-refractivity contribution in [2.24, 2.45) is 5.92 Å². The zero-order valence-corrected chi connectivity index (χ0v) is 15.0. The van der Waals surface area contributed by atoms with Gasteiger partial charge in [-0.15, -0.1) is 0 Å². The smallest absolute Gasteiger partial charge is 0.253 e. The van der Waals surface area contributed by atoms with Gasteiger partial charge in [-0.2, -0.15) is 0 Å². The molecule has 0 saturated carbocycles. The molecule has 0 aromatic carbocycles. The van der Waals surface area contributed by atoms with E-state index < -0.39 is 11.8 Å². The first-order chi connectivity index (χ1) is 12.5. The van der Waals surface area contributed by atoms with Crippen molar-refractivity contribution in [2.45, 2.75) is 64.2 Å². The molecule has 142 valence electrons. The van der Waals surface area contributed by atoms with Gasteiger partial charge in [0, 0.05) is 31.5 Å². The van der Waals surface area contributed by atoms with Gasteiger partial charge in [0.25, 0.3) is 11.8 Å². The number of amides is 4. The lowest BCUT2D eigenvalue weighted by Gasteiger charge is -2.13. The summed E-state index contributed by atoms with van der Waals surface area (Å²) in [7, 11) is 0. The van der Waals surface area contributed by atoms with E-state index in [9.17, 15) is 24.0 Å². The summed E-state index contributed by atoms with van der Waals surface area (Å²) in [5.41, 5.74) is 0. The van der Waals surface area contributed by atoms with Gasteiger partial charge in [0.2, 0.25) is 11.8 Å². The third-order valence-electron chi connectivity index (χ3n) is 4.81. The maximum absolute atomic E-state index is 11.9. The second kappa shape index (κ2) is 9.99. The third-order valence-corrected chi connectivity index (χ3v) is 4.81. The molecule has 26 heavy (non-hydrogen) atoms. The predicted octanol–water partition coefficient (Wildman–Crippen LogP) is 1.65. The Morgan fingerprint density at radius 3 is 1.96 bits per heavy atom. The molecule has 1 atom stereocenters. The van der Waals surface area contributed by atoms with Gasteiger partial charge in [0.15, 0.2) is 0 Å². The summed E-state index contributed by atoms with van der Waals surface area (Å²) in [4.78, 5) is 58.4. The number of nitrogens with zero attached hydrogens (tertiary/aromatic N) is 1. The summed E-state index contributed by atoms with van der Waals surface area (Å²) in [5.74, 6) is -2.15. The number of carbonyl (C=O) groups is 5. The molecule has 0 radical (unpaired) electrons. The SMILES string of the molecule is O=C1CC(C(=O)CCCCCCCCCCN2C(=O)C=CC2=O)C(=O)N1. The van der Waals surface area contributed by atoms with E-state index in [1.807, 2.05) is 0 Å². The second-order valence-corrected chi connectivity index (χ2v) is 6.88. The summed E-state index contributed by atoms with van der Waals surface area (Å²) < 4.78 is 0. The Morgan fingerprint density at radius 1 is 0.885 bits per heavy atom. The highest BCUT2D eigenvalue weighted by Gasteiger charge is 2.35. The van der Waals surface area contributed by atoms with Crippen molar-refractivity contribution >= 4 is 29.4 Å². The molecule has 2 aliphatic rings. The zero-order valence-electron chi connectivity index (χ0n) is 15.0. The summed E-state index contributed by atoms with van der Waals surface area (Å²) in [5, 5.41) is 2.16. The van der Waals surface area contributed by atoms with Crippen LogP contribution in [0.2, 0.25) is 0 Å². The van der Waals surface area contributed by atoms with Gasteiger partial charge in [-0.3, -0.25) is 34.2 Å². The Morgan fingerprint density at radius 2 is 1.42 bits per heavy atom. The molecule has 2 rings (SSSR count). The number of Topliss-reactive ketones (excluding diaryl/α,β-unsaturated/α-hetero) is 1. The van der Waals surface area contributed by atoms with Crippen molar-refractivity contribution in [3.63, 3.8) is 0 Å². The quantitative estimate of drug-likeness (QED) is 0.323. The molecular weight excluding hydrogens is 336 g/mol. The van der Waals surface area contributed by atoms with Gasteiger partial charge in [-0.25, -0.2) is 0 Å². The topological polar surface area (TPSA) is 101 Å². The van der Waals surface area contributed by atoms with Crippen LogP contribution in [-0.4, -0.2) is 40.9 Å². The molecule has 0 aliphatic carbocycles. The Hall–Kier alpha value is -2.31. The van der Waals surface area contributed by atoms with Gasteiger partial charge in [-0.05, 0) is 12.8 Å². The fraction of sp³-hybridized carbons (Fsp3) is 0.632. The molecule has 0 bridgehead atoms. The molecule has 2 heterocycles. The van der Waals surface area contributed by atoms with Crippen molar-refractivity contribution in [2.75, 3.05) is 6.54 Å². The van der Waals surface area contributed by atoms with Crippen LogP contribution in [0.4, 0.5) is 0 Å². The number of carbonyl (C=O) groups excluding carboxylic acids is 5. The van der Waals surface area contributed by atoms with Crippen molar-refractivity contribution < 1.29 is 24.0 Å². The summed E-state index contributed by atoms with van der Waals surface area (Å²) in [6.07, 6.45) is 10.8. The normalized spacial score (nSPS) is 19.5. The number of hydrogen-bond donors (Lipinski definition) is 1. The maximum Gasteiger partial charge on any atom is 0.253 e. The van der Waals surface area contributed by atoms with Crippen LogP contribution in [0.1, 0.15) is 64.2 Å². The summed E-state index contributed by atoms with van der Waals surface area (Å²) >= 11 is 0. The van der Waals surface area contributed by atoms with Gasteiger partial charge in [0.1, 0.15) is 11.7 Å². The molecule has 7 nitrogen and oxygen atoms in total. The minimum atomic E-state index is -0.771. The highest BCUT2D eigenvalue weighted by Crippen LogP contribution is 2.17. The number of unbranched alkanes of at least 4 members (excludes halogenated alkanes) is 7. The van der Waals surface area contributed by atoms with Crippen LogP contribution in [0, 0.1) is 5.92 Å². The molecule has 1 unspecified atom stereocenters.